The molecule has 1 aliphatic heterocycles. The average Bonchev–Trinajstić information content (AvgIpc) is 3.57. The maximum Gasteiger partial charge on any atom is 0.407 e. The van der Waals surface area contributed by atoms with Gasteiger partial charge in [-0.05, 0) is 80.1 Å². The van der Waals surface area contributed by atoms with Gasteiger partial charge in [-0.1, -0.05) is 48.5 Å². The number of amides is 2. The molecule has 6 aromatic rings. The Morgan fingerprint density at radius 2 is 1.46 bits per heavy atom. The van der Waals surface area contributed by atoms with Gasteiger partial charge in [0.25, 0.3) is 5.91 Å². The molecule has 4 aromatic heterocycles. The van der Waals surface area contributed by atoms with Gasteiger partial charge >= 0.3 is 12.1 Å². The minimum absolute atomic E-state index is 0.00891. The first-order valence-corrected chi connectivity index (χ1v) is 17.2. The molecule has 3 N–H and O–H groups in total. The predicted octanol–water partition coefficient (Wildman–Crippen LogP) is 7.09. The number of nitrogens with one attached hydrogen (secondary N) is 2. The lowest BCUT2D eigenvalue weighted by Crippen LogP contribution is -2.35. The molecule has 268 valence electrons. The van der Waals surface area contributed by atoms with Crippen molar-refractivity contribution >= 4 is 63.2 Å². The highest BCUT2D eigenvalue weighted by atomic mass is 35.5. The zero-order valence-corrected chi connectivity index (χ0v) is 30.6. The summed E-state index contributed by atoms with van der Waals surface area (Å²) in [6.07, 6.45) is 2.64. The number of carboxylic acid groups (broad SMARTS) is 1. The average molecular weight is 744 g/mol. The van der Waals surface area contributed by atoms with Crippen LogP contribution in [-0.4, -0.2) is 70.8 Å². The smallest absolute Gasteiger partial charge is 0.407 e. The van der Waals surface area contributed by atoms with Crippen molar-refractivity contribution in [2.24, 2.45) is 0 Å². The summed E-state index contributed by atoms with van der Waals surface area (Å²) in [4.78, 5) is 53.4. The molecule has 0 fully saturated rings. The van der Waals surface area contributed by atoms with Crippen LogP contribution in [0.1, 0.15) is 52.9 Å². The van der Waals surface area contributed by atoms with Gasteiger partial charge < -0.3 is 29.6 Å². The summed E-state index contributed by atoms with van der Waals surface area (Å²) in [5, 5.41) is 17.2. The van der Waals surface area contributed by atoms with Crippen LogP contribution in [0.4, 0.5) is 4.79 Å². The van der Waals surface area contributed by atoms with Crippen LogP contribution >= 0.6 is 23.2 Å². The number of aromatic carboxylic acids is 1. The molecule has 0 saturated carbocycles. The van der Waals surface area contributed by atoms with Crippen LogP contribution in [0.3, 0.4) is 0 Å². The number of benzene rings is 2. The number of alkyl carbamates (subject to hydrolysis) is 1. The van der Waals surface area contributed by atoms with Crippen molar-refractivity contribution in [3.05, 3.63) is 94.0 Å². The molecule has 7 rings (SSSR count). The number of hydrogen-bond donors (Lipinski definition) is 3. The van der Waals surface area contributed by atoms with Crippen molar-refractivity contribution in [2.75, 3.05) is 13.1 Å². The van der Waals surface area contributed by atoms with Gasteiger partial charge in [0.15, 0.2) is 0 Å². The fourth-order valence-electron chi connectivity index (χ4n) is 6.30. The Balaban J connectivity index is 0.000000186. The number of halogens is 2. The van der Waals surface area contributed by atoms with Gasteiger partial charge in [-0.3, -0.25) is 4.79 Å². The molecule has 5 heterocycles. The van der Waals surface area contributed by atoms with E-state index >= 15 is 0 Å². The van der Waals surface area contributed by atoms with Crippen LogP contribution in [0.15, 0.2) is 60.9 Å². The van der Waals surface area contributed by atoms with Gasteiger partial charge in [0.1, 0.15) is 28.3 Å². The topological polar surface area (TPSA) is 166 Å². The predicted molar refractivity (Wildman–Crippen MR) is 199 cm³/mol. The largest absolute Gasteiger partial charge is 0.477 e. The summed E-state index contributed by atoms with van der Waals surface area (Å²) in [5.41, 5.74) is 6.36. The second kappa shape index (κ2) is 14.6. The number of aryl methyl sites for hydroxylation is 2. The molecule has 1 aliphatic rings. The Morgan fingerprint density at radius 1 is 0.904 bits per heavy atom. The van der Waals surface area contributed by atoms with E-state index in [0.717, 1.165) is 33.2 Å². The number of rotatable bonds is 6. The van der Waals surface area contributed by atoms with Gasteiger partial charge in [0, 0.05) is 60.5 Å². The van der Waals surface area contributed by atoms with Crippen LogP contribution in [0.5, 0.6) is 0 Å². The minimum atomic E-state index is -1.11. The SMILES string of the molecule is Cc1ccccc1-c1c(C(=O)O)n(CCNC(=O)OC(C)(C)C)c2nc(Cl)ncc12.Cc1ccccc1-c1c2n(c3nc(Cl)ncc13)CCNC2=O. The summed E-state index contributed by atoms with van der Waals surface area (Å²) in [6.45, 7) is 10.8. The van der Waals surface area contributed by atoms with Gasteiger partial charge in [-0.15, -0.1) is 0 Å². The van der Waals surface area contributed by atoms with Crippen molar-refractivity contribution in [2.45, 2.75) is 53.3 Å². The van der Waals surface area contributed by atoms with Gasteiger partial charge in [0.05, 0.1) is 0 Å². The van der Waals surface area contributed by atoms with Gasteiger partial charge in [0.2, 0.25) is 10.6 Å². The zero-order chi connectivity index (χ0) is 37.3. The molecule has 0 saturated heterocycles. The molecule has 0 atom stereocenters. The van der Waals surface area contributed by atoms with E-state index in [2.05, 4.69) is 30.6 Å². The molecule has 2 amide bonds. The third-order valence-electron chi connectivity index (χ3n) is 8.41. The van der Waals surface area contributed by atoms with Gasteiger partial charge in [-0.25, -0.2) is 19.6 Å². The molecule has 2 aromatic carbocycles. The van der Waals surface area contributed by atoms with Crippen molar-refractivity contribution in [3.8, 4) is 22.3 Å². The first kappa shape index (κ1) is 36.3. The summed E-state index contributed by atoms with van der Waals surface area (Å²) in [5.74, 6) is -1.20. The van der Waals surface area contributed by atoms with E-state index in [0.29, 0.717) is 41.0 Å². The highest BCUT2D eigenvalue weighted by Gasteiger charge is 2.29. The summed E-state index contributed by atoms with van der Waals surface area (Å²) >= 11 is 11.9. The lowest BCUT2D eigenvalue weighted by Gasteiger charge is -2.19. The zero-order valence-electron chi connectivity index (χ0n) is 29.1. The fraction of sp³-hybridized carbons (Fsp3) is 0.270. The van der Waals surface area contributed by atoms with Crippen LogP contribution in [-0.2, 0) is 17.8 Å². The molecule has 13 nitrogen and oxygen atoms in total. The van der Waals surface area contributed by atoms with E-state index in [4.69, 9.17) is 27.9 Å². The number of fused-ring (bicyclic) bond motifs is 4. The maximum absolute atomic E-state index is 12.4. The van der Waals surface area contributed by atoms with Crippen molar-refractivity contribution in [3.63, 3.8) is 0 Å². The van der Waals surface area contributed by atoms with Crippen LogP contribution < -0.4 is 10.6 Å². The third-order valence-corrected chi connectivity index (χ3v) is 8.78. The highest BCUT2D eigenvalue weighted by Crippen LogP contribution is 2.38. The first-order chi connectivity index (χ1) is 24.7. The van der Waals surface area contributed by atoms with Crippen molar-refractivity contribution in [1.29, 1.82) is 0 Å². The summed E-state index contributed by atoms with van der Waals surface area (Å²) in [6, 6.07) is 15.5. The first-order valence-electron chi connectivity index (χ1n) is 16.4. The lowest BCUT2D eigenvalue weighted by molar-refractivity contribution is 0.0526. The van der Waals surface area contributed by atoms with Crippen LogP contribution in [0, 0.1) is 13.8 Å². The Bertz CT molecular complexity index is 2360. The molecule has 0 aliphatic carbocycles. The second-order valence-electron chi connectivity index (χ2n) is 13.1. The quantitative estimate of drug-likeness (QED) is 0.151. The van der Waals surface area contributed by atoms with Crippen molar-refractivity contribution < 1.29 is 24.2 Å². The molecular formula is C37H36Cl2N8O5. The number of aromatic nitrogens is 6. The Labute approximate surface area is 309 Å². The van der Waals surface area contributed by atoms with E-state index in [9.17, 15) is 19.5 Å². The van der Waals surface area contributed by atoms with Crippen LogP contribution in [0.2, 0.25) is 10.6 Å². The maximum atomic E-state index is 12.4. The molecule has 0 radical (unpaired) electrons. The third kappa shape index (κ3) is 7.28. The van der Waals surface area contributed by atoms with Crippen molar-refractivity contribution in [1.82, 2.24) is 39.7 Å². The molecule has 52 heavy (non-hydrogen) atoms. The Hall–Kier alpha value is -5.53. The number of carboxylic acids is 1. The minimum Gasteiger partial charge on any atom is -0.477 e. The normalized spacial score (nSPS) is 12.6. The second-order valence-corrected chi connectivity index (χ2v) is 13.8. The molecule has 0 unspecified atom stereocenters. The molecule has 0 spiro atoms. The summed E-state index contributed by atoms with van der Waals surface area (Å²) in [7, 11) is 0. The van der Waals surface area contributed by atoms with E-state index in [1.54, 1.807) is 27.0 Å². The summed E-state index contributed by atoms with van der Waals surface area (Å²) < 4.78 is 8.69. The number of ether oxygens (including phenoxy) is 1. The lowest BCUT2D eigenvalue weighted by atomic mass is 9.98. The monoisotopic (exact) mass is 742 g/mol. The molecular weight excluding hydrogens is 707 g/mol. The Kier molecular flexibility index (Phi) is 10.2. The highest BCUT2D eigenvalue weighted by molar-refractivity contribution is 6.29. The fourth-order valence-corrected chi connectivity index (χ4v) is 6.56. The standard InChI is InChI=1S/C21H23ClN4O4.C16H13ClN4O/c1-12-7-5-6-8-13(12)15-14-11-24-19(22)25-17(14)26(16(15)18(27)28)10-9-23-20(29)30-21(2,3)4;1-9-4-2-3-5-10(9)12-11-8-19-16(17)20-14(11)21-7-6-18-15(22)13(12)21/h5-8,11H,9-10H2,1-4H3,(H,23,29)(H,27,28);2-5,8H,6-7H2,1H3,(H,18,22). The van der Waals surface area contributed by atoms with E-state index < -0.39 is 17.7 Å². The molecule has 0 bridgehead atoms. The van der Waals surface area contributed by atoms with Crippen LogP contribution in [0.25, 0.3) is 44.3 Å². The molecule has 15 heteroatoms. The van der Waals surface area contributed by atoms with Gasteiger partial charge in [-0.2, -0.15) is 9.97 Å². The Morgan fingerprint density at radius 3 is 2.04 bits per heavy atom. The van der Waals surface area contributed by atoms with E-state index in [1.165, 1.54) is 10.8 Å². The number of hydrogen-bond acceptors (Lipinski definition) is 8. The number of carbonyl (C=O) groups is 3. The van der Waals surface area contributed by atoms with E-state index in [1.807, 2.05) is 66.9 Å². The number of carbonyl (C=O) groups excluding carboxylic acids is 2. The number of nitrogens with zero attached hydrogens (tertiary/aromatic N) is 6. The van der Waals surface area contributed by atoms with E-state index in [-0.39, 0.29) is 35.3 Å².